The number of hydrogen-bond acceptors (Lipinski definition) is 3. The van der Waals surface area contributed by atoms with Gasteiger partial charge in [0.15, 0.2) is 0 Å². The van der Waals surface area contributed by atoms with Gasteiger partial charge in [-0.1, -0.05) is 30.9 Å². The highest BCUT2D eigenvalue weighted by atomic mass is 16.5. The smallest absolute Gasteiger partial charge is 0.264 e. The van der Waals surface area contributed by atoms with Gasteiger partial charge in [-0.15, -0.1) is 0 Å². The van der Waals surface area contributed by atoms with E-state index in [9.17, 15) is 4.79 Å². The van der Waals surface area contributed by atoms with Crippen LogP contribution in [-0.4, -0.2) is 16.8 Å². The van der Waals surface area contributed by atoms with Crippen LogP contribution in [0.3, 0.4) is 0 Å². The van der Waals surface area contributed by atoms with Crippen LogP contribution in [0.2, 0.25) is 0 Å². The van der Waals surface area contributed by atoms with Crippen molar-refractivity contribution in [1.82, 2.24) is 10.2 Å². The molecule has 0 amide bonds. The number of nitrogens with one attached hydrogen (secondary N) is 1. The maximum absolute atomic E-state index is 11.1. The number of para-hydroxylation sites is 1. The van der Waals surface area contributed by atoms with Gasteiger partial charge in [0.1, 0.15) is 12.4 Å². The van der Waals surface area contributed by atoms with Crippen LogP contribution in [0.1, 0.15) is 16.8 Å². The number of ether oxygens (including phenoxy) is 1. The van der Waals surface area contributed by atoms with Gasteiger partial charge < -0.3 is 4.74 Å². The highest BCUT2D eigenvalue weighted by Crippen LogP contribution is 2.20. The maximum atomic E-state index is 11.1. The molecule has 0 spiro atoms. The van der Waals surface area contributed by atoms with E-state index in [0.717, 1.165) is 22.6 Å². The van der Waals surface area contributed by atoms with E-state index in [1.807, 2.05) is 43.3 Å². The Balaban J connectivity index is 2.26. The van der Waals surface area contributed by atoms with Crippen LogP contribution in [0, 0.1) is 6.92 Å². The molecular weight excluding hydrogens is 252 g/mol. The van der Waals surface area contributed by atoms with Gasteiger partial charge in [-0.2, -0.15) is 5.10 Å². The second-order valence-corrected chi connectivity index (χ2v) is 4.27. The lowest BCUT2D eigenvalue weighted by atomic mass is 10.1. The van der Waals surface area contributed by atoms with Crippen molar-refractivity contribution in [2.75, 3.05) is 6.61 Å². The fraction of sp³-hybridized carbons (Fsp3) is 0.125. The lowest BCUT2D eigenvalue weighted by Crippen LogP contribution is -2.08. The van der Waals surface area contributed by atoms with E-state index in [2.05, 4.69) is 16.8 Å². The lowest BCUT2D eigenvalue weighted by molar-refractivity contribution is 0.362. The fourth-order valence-corrected chi connectivity index (χ4v) is 1.74. The Morgan fingerprint density at radius 1 is 1.35 bits per heavy atom. The molecule has 0 bridgehead atoms. The van der Waals surface area contributed by atoms with E-state index in [1.165, 1.54) is 6.07 Å². The summed E-state index contributed by atoms with van der Waals surface area (Å²) in [5, 5.41) is 6.43. The quantitative estimate of drug-likeness (QED) is 0.848. The predicted octanol–water partition coefficient (Wildman–Crippen LogP) is 2.81. The minimum atomic E-state index is -0.200. The Bertz CT molecular complexity index is 687. The zero-order chi connectivity index (χ0) is 14.4. The number of aromatic nitrogens is 2. The van der Waals surface area contributed by atoms with Gasteiger partial charge in [0, 0.05) is 11.6 Å². The first-order valence-electron chi connectivity index (χ1n) is 6.28. The third-order valence-electron chi connectivity index (χ3n) is 2.73. The van der Waals surface area contributed by atoms with Crippen LogP contribution in [-0.2, 0) is 0 Å². The summed E-state index contributed by atoms with van der Waals surface area (Å²) in [5.41, 5.74) is 2.30. The Morgan fingerprint density at radius 3 is 2.90 bits per heavy atom. The van der Waals surface area contributed by atoms with Crippen molar-refractivity contribution in [1.29, 1.82) is 0 Å². The summed E-state index contributed by atoms with van der Waals surface area (Å²) in [6.07, 6.45) is 5.46. The monoisotopic (exact) mass is 268 g/mol. The number of aromatic amines is 1. The van der Waals surface area contributed by atoms with E-state index < -0.39 is 0 Å². The Hall–Kier alpha value is -2.62. The van der Waals surface area contributed by atoms with Gasteiger partial charge >= 0.3 is 0 Å². The zero-order valence-electron chi connectivity index (χ0n) is 11.3. The van der Waals surface area contributed by atoms with Crippen LogP contribution in [0.5, 0.6) is 5.75 Å². The molecule has 1 N–H and O–H groups in total. The number of nitrogens with zero attached hydrogens (tertiary/aromatic N) is 1. The summed E-state index contributed by atoms with van der Waals surface area (Å²) >= 11 is 0. The number of hydrogen-bond donors (Lipinski definition) is 1. The van der Waals surface area contributed by atoms with Gasteiger partial charge in [0.2, 0.25) is 0 Å². The van der Waals surface area contributed by atoms with Crippen LogP contribution in [0.25, 0.3) is 12.2 Å². The van der Waals surface area contributed by atoms with Crippen molar-refractivity contribution in [3.63, 3.8) is 0 Å². The number of rotatable bonds is 5. The first-order chi connectivity index (χ1) is 9.70. The van der Waals surface area contributed by atoms with Crippen LogP contribution in [0.15, 0.2) is 47.8 Å². The predicted molar refractivity (Wildman–Crippen MR) is 80.7 cm³/mol. The molecule has 1 aromatic carbocycles. The average Bonchev–Trinajstić information content (AvgIpc) is 2.45. The Kier molecular flexibility index (Phi) is 4.50. The topological polar surface area (TPSA) is 55.0 Å². The van der Waals surface area contributed by atoms with Crippen molar-refractivity contribution < 1.29 is 4.74 Å². The molecule has 1 heterocycles. The van der Waals surface area contributed by atoms with Gasteiger partial charge in [-0.05, 0) is 30.7 Å². The number of aryl methyl sites for hydroxylation is 1. The second kappa shape index (κ2) is 6.52. The standard InChI is InChI=1S/C16H16N2O2/c1-3-10-20-15-7-5-4-6-13(15)8-9-14-12(2)11-16(19)18-17-14/h3-9,11H,1,10H2,2H3,(H,18,19). The molecule has 2 rings (SSSR count). The summed E-state index contributed by atoms with van der Waals surface area (Å²) in [6.45, 7) is 5.94. The molecule has 0 aliphatic carbocycles. The van der Waals surface area contributed by atoms with Crippen molar-refractivity contribution in [2.24, 2.45) is 0 Å². The molecule has 0 unspecified atom stereocenters. The first-order valence-corrected chi connectivity index (χ1v) is 6.28. The summed E-state index contributed by atoms with van der Waals surface area (Å²) in [4.78, 5) is 11.1. The van der Waals surface area contributed by atoms with E-state index in [1.54, 1.807) is 6.08 Å². The average molecular weight is 268 g/mol. The van der Waals surface area contributed by atoms with E-state index >= 15 is 0 Å². The number of H-pyrrole nitrogens is 1. The molecule has 4 heteroatoms. The largest absolute Gasteiger partial charge is 0.489 e. The normalized spacial score (nSPS) is 10.7. The molecule has 0 aliphatic rings. The lowest BCUT2D eigenvalue weighted by Gasteiger charge is -2.06. The summed E-state index contributed by atoms with van der Waals surface area (Å²) < 4.78 is 5.58. The summed E-state index contributed by atoms with van der Waals surface area (Å²) in [5.74, 6) is 0.783. The van der Waals surface area contributed by atoms with Crippen LogP contribution in [0.4, 0.5) is 0 Å². The van der Waals surface area contributed by atoms with Crippen molar-refractivity contribution in [2.45, 2.75) is 6.92 Å². The first kappa shape index (κ1) is 13.8. The number of benzene rings is 1. The fourth-order valence-electron chi connectivity index (χ4n) is 1.74. The molecule has 0 saturated heterocycles. The highest BCUT2D eigenvalue weighted by molar-refractivity contribution is 5.72. The van der Waals surface area contributed by atoms with Crippen molar-refractivity contribution in [3.05, 3.63) is 70.2 Å². The molecule has 0 saturated carbocycles. The molecule has 2 aromatic rings. The zero-order valence-corrected chi connectivity index (χ0v) is 11.3. The Labute approximate surface area is 117 Å². The van der Waals surface area contributed by atoms with Gasteiger partial charge in [-0.25, -0.2) is 5.10 Å². The minimum Gasteiger partial charge on any atom is -0.489 e. The van der Waals surface area contributed by atoms with E-state index in [4.69, 9.17) is 4.74 Å². The summed E-state index contributed by atoms with van der Waals surface area (Å²) in [6, 6.07) is 9.23. The molecule has 0 fully saturated rings. The van der Waals surface area contributed by atoms with E-state index in [0.29, 0.717) is 6.61 Å². The third kappa shape index (κ3) is 3.45. The molecule has 0 atom stereocenters. The van der Waals surface area contributed by atoms with Crippen molar-refractivity contribution >= 4 is 12.2 Å². The summed E-state index contributed by atoms with van der Waals surface area (Å²) in [7, 11) is 0. The van der Waals surface area contributed by atoms with Gasteiger partial charge in [0.05, 0.1) is 5.69 Å². The second-order valence-electron chi connectivity index (χ2n) is 4.27. The molecule has 20 heavy (non-hydrogen) atoms. The SMILES string of the molecule is C=CCOc1ccccc1C=Cc1n[nH]c(=O)cc1C. The molecule has 0 radical (unpaired) electrons. The third-order valence-corrected chi connectivity index (χ3v) is 2.73. The highest BCUT2D eigenvalue weighted by Gasteiger charge is 2.00. The molecular formula is C16H16N2O2. The molecule has 4 nitrogen and oxygen atoms in total. The Morgan fingerprint density at radius 2 is 2.15 bits per heavy atom. The van der Waals surface area contributed by atoms with Crippen LogP contribution < -0.4 is 10.3 Å². The van der Waals surface area contributed by atoms with Gasteiger partial charge in [-0.3, -0.25) is 4.79 Å². The minimum absolute atomic E-state index is 0.200. The van der Waals surface area contributed by atoms with E-state index in [-0.39, 0.29) is 5.56 Å². The maximum Gasteiger partial charge on any atom is 0.264 e. The molecule has 0 aliphatic heterocycles. The van der Waals surface area contributed by atoms with Crippen LogP contribution >= 0.6 is 0 Å². The molecule has 102 valence electrons. The van der Waals surface area contributed by atoms with Gasteiger partial charge in [0.25, 0.3) is 5.56 Å². The van der Waals surface area contributed by atoms with Crippen molar-refractivity contribution in [3.8, 4) is 5.75 Å². The molecule has 1 aromatic heterocycles.